The van der Waals surface area contributed by atoms with Crippen molar-refractivity contribution >= 4 is 32.6 Å². The first kappa shape index (κ1) is 22.4. The molecule has 41 heavy (non-hydrogen) atoms. The molecule has 0 unspecified atom stereocenters. The average molecular weight is 521 g/mol. The van der Waals surface area contributed by atoms with E-state index in [9.17, 15) is 0 Å². The van der Waals surface area contributed by atoms with E-state index < -0.39 is 0 Å². The fourth-order valence-electron chi connectivity index (χ4n) is 6.76. The summed E-state index contributed by atoms with van der Waals surface area (Å²) in [6, 6.07) is 52.3. The Hall–Kier alpha value is -5.47. The van der Waals surface area contributed by atoms with Crippen molar-refractivity contribution in [2.45, 2.75) is 0 Å². The Kier molecular flexibility index (Phi) is 4.64. The van der Waals surface area contributed by atoms with E-state index in [1.54, 1.807) is 0 Å². The molecule has 2 aromatic heterocycles. The molecule has 2 heterocycles. The Morgan fingerprint density at radius 2 is 1.02 bits per heavy atom. The van der Waals surface area contributed by atoms with Crippen molar-refractivity contribution in [2.75, 3.05) is 0 Å². The Labute approximate surface area is 237 Å². The van der Waals surface area contributed by atoms with Crippen LogP contribution in [0.15, 0.2) is 146 Å². The molecule has 0 atom stereocenters. The van der Waals surface area contributed by atoms with Crippen molar-refractivity contribution in [3.63, 3.8) is 0 Å². The van der Waals surface area contributed by atoms with Crippen LogP contribution in [0, 0.1) is 0 Å². The van der Waals surface area contributed by atoms with Crippen LogP contribution in [-0.2, 0) is 0 Å². The number of nitrogens with zero attached hydrogens (tertiary/aromatic N) is 2. The topological polar surface area (TPSA) is 17.8 Å². The number of rotatable bonds is 3. The largest absolute Gasteiger partial charge is 0.309 e. The van der Waals surface area contributed by atoms with Crippen molar-refractivity contribution in [1.82, 2.24) is 9.55 Å². The Balaban J connectivity index is 1.21. The van der Waals surface area contributed by atoms with Crippen LogP contribution in [0.25, 0.3) is 83.0 Å². The van der Waals surface area contributed by atoms with E-state index in [1.807, 2.05) is 0 Å². The molecule has 1 aliphatic carbocycles. The second kappa shape index (κ2) is 8.51. The maximum Gasteiger partial charge on any atom is 0.0715 e. The molecular weight excluding hydrogens is 496 g/mol. The zero-order chi connectivity index (χ0) is 26.9. The molecule has 0 N–H and O–H groups in total. The van der Waals surface area contributed by atoms with Crippen LogP contribution in [0.2, 0.25) is 0 Å². The molecule has 0 saturated carbocycles. The van der Waals surface area contributed by atoms with Gasteiger partial charge < -0.3 is 4.57 Å². The first-order valence-electron chi connectivity index (χ1n) is 14.1. The summed E-state index contributed by atoms with van der Waals surface area (Å²) in [5, 5.41) is 5.06. The van der Waals surface area contributed by atoms with E-state index in [0.717, 1.165) is 17.0 Å². The maximum absolute atomic E-state index is 5.24. The van der Waals surface area contributed by atoms with E-state index in [4.69, 9.17) is 4.98 Å². The summed E-state index contributed by atoms with van der Waals surface area (Å²) >= 11 is 0. The lowest BCUT2D eigenvalue weighted by molar-refractivity contribution is 1.18. The summed E-state index contributed by atoms with van der Waals surface area (Å²) in [6.45, 7) is 0. The first-order chi connectivity index (χ1) is 20.3. The van der Waals surface area contributed by atoms with Gasteiger partial charge in [-0.1, -0.05) is 103 Å². The standard InChI is InChI=1S/C39H24N2/c1-2-10-26(11-3-1)41-37-19-7-6-14-30(37)34-24-25(20-23-38(34)41)35-17-9-18-36(40-35)29-21-22-33-28-13-5-4-12-27(28)31-15-8-16-32(29)39(31)33/h1-24H. The maximum atomic E-state index is 5.24. The second-order valence-corrected chi connectivity index (χ2v) is 10.8. The highest BCUT2D eigenvalue weighted by atomic mass is 15.0. The van der Waals surface area contributed by atoms with Gasteiger partial charge in [-0.2, -0.15) is 0 Å². The molecule has 8 aromatic rings. The summed E-state index contributed by atoms with van der Waals surface area (Å²) in [5.74, 6) is 0. The third-order valence-electron chi connectivity index (χ3n) is 8.56. The first-order valence-corrected chi connectivity index (χ1v) is 14.1. The van der Waals surface area contributed by atoms with Crippen LogP contribution in [-0.4, -0.2) is 9.55 Å². The molecule has 2 nitrogen and oxygen atoms in total. The minimum atomic E-state index is 0.979. The van der Waals surface area contributed by atoms with Crippen molar-refractivity contribution in [1.29, 1.82) is 0 Å². The van der Waals surface area contributed by atoms with Gasteiger partial charge in [0.05, 0.1) is 22.4 Å². The third kappa shape index (κ3) is 3.22. The van der Waals surface area contributed by atoms with Crippen LogP contribution in [0.4, 0.5) is 0 Å². The van der Waals surface area contributed by atoms with E-state index in [-0.39, 0.29) is 0 Å². The zero-order valence-corrected chi connectivity index (χ0v) is 22.3. The summed E-state index contributed by atoms with van der Waals surface area (Å²) in [7, 11) is 0. The van der Waals surface area contributed by atoms with Crippen LogP contribution < -0.4 is 0 Å². The highest BCUT2D eigenvalue weighted by Gasteiger charge is 2.22. The SMILES string of the molecule is c1ccc(-n2c3ccccc3c3cc(-c4cccc(-c5ccc6c7c(cccc57)-c5ccccc5-6)n4)ccc32)cc1. The van der Waals surface area contributed by atoms with E-state index in [0.29, 0.717) is 0 Å². The molecule has 0 amide bonds. The minimum Gasteiger partial charge on any atom is -0.309 e. The molecule has 6 aromatic carbocycles. The van der Waals surface area contributed by atoms with Crippen molar-refractivity contribution in [3.05, 3.63) is 146 Å². The fraction of sp³-hybridized carbons (Fsp3) is 0. The lowest BCUT2D eigenvalue weighted by Crippen LogP contribution is -1.93. The molecule has 0 saturated heterocycles. The monoisotopic (exact) mass is 520 g/mol. The molecule has 0 bridgehead atoms. The van der Waals surface area contributed by atoms with Gasteiger partial charge in [0.15, 0.2) is 0 Å². The molecule has 0 fully saturated rings. The van der Waals surface area contributed by atoms with E-state index in [2.05, 4.69) is 150 Å². The molecule has 0 radical (unpaired) electrons. The van der Waals surface area contributed by atoms with Gasteiger partial charge in [-0.05, 0) is 75.5 Å². The number of benzene rings is 6. The van der Waals surface area contributed by atoms with Crippen LogP contribution in [0.3, 0.4) is 0 Å². The smallest absolute Gasteiger partial charge is 0.0715 e. The molecule has 1 aliphatic rings. The summed E-state index contributed by atoms with van der Waals surface area (Å²) in [5.41, 5.74) is 13.1. The number of aromatic nitrogens is 2. The zero-order valence-electron chi connectivity index (χ0n) is 22.3. The van der Waals surface area contributed by atoms with Crippen LogP contribution >= 0.6 is 0 Å². The van der Waals surface area contributed by atoms with Crippen molar-refractivity contribution in [2.24, 2.45) is 0 Å². The molecule has 190 valence electrons. The number of fused-ring (bicyclic) bond motifs is 6. The summed E-state index contributed by atoms with van der Waals surface area (Å²) < 4.78 is 2.35. The minimum absolute atomic E-state index is 0.979. The highest BCUT2D eigenvalue weighted by molar-refractivity contribution is 6.18. The van der Waals surface area contributed by atoms with Crippen molar-refractivity contribution in [3.8, 4) is 50.5 Å². The lowest BCUT2D eigenvalue weighted by Gasteiger charge is -2.11. The molecule has 0 spiro atoms. The fourth-order valence-corrected chi connectivity index (χ4v) is 6.76. The Morgan fingerprint density at radius 1 is 0.390 bits per heavy atom. The molecular formula is C39H24N2. The Morgan fingerprint density at radius 3 is 1.90 bits per heavy atom. The molecule has 9 rings (SSSR count). The van der Waals surface area contributed by atoms with Crippen LogP contribution in [0.5, 0.6) is 0 Å². The van der Waals surface area contributed by atoms with Gasteiger partial charge in [0.1, 0.15) is 0 Å². The van der Waals surface area contributed by atoms with Gasteiger partial charge in [0, 0.05) is 27.6 Å². The van der Waals surface area contributed by atoms with Crippen LogP contribution in [0.1, 0.15) is 0 Å². The Bertz CT molecular complexity index is 2280. The predicted molar refractivity (Wildman–Crippen MR) is 171 cm³/mol. The van der Waals surface area contributed by atoms with Gasteiger partial charge >= 0.3 is 0 Å². The van der Waals surface area contributed by atoms with Gasteiger partial charge in [-0.15, -0.1) is 0 Å². The number of para-hydroxylation sites is 2. The normalized spacial score (nSPS) is 11.9. The molecule has 2 heteroatoms. The van der Waals surface area contributed by atoms with Gasteiger partial charge in [-0.25, -0.2) is 4.98 Å². The van der Waals surface area contributed by atoms with Crippen molar-refractivity contribution < 1.29 is 0 Å². The third-order valence-corrected chi connectivity index (χ3v) is 8.56. The second-order valence-electron chi connectivity index (χ2n) is 10.8. The highest BCUT2D eigenvalue weighted by Crippen LogP contribution is 2.49. The number of hydrogen-bond donors (Lipinski definition) is 0. The van der Waals surface area contributed by atoms with Gasteiger partial charge in [-0.3, -0.25) is 0 Å². The summed E-state index contributed by atoms with van der Waals surface area (Å²) in [6.07, 6.45) is 0. The predicted octanol–water partition coefficient (Wildman–Crippen LogP) is 10.3. The van der Waals surface area contributed by atoms with Gasteiger partial charge in [0.2, 0.25) is 0 Å². The quantitative estimate of drug-likeness (QED) is 0.227. The summed E-state index contributed by atoms with van der Waals surface area (Å²) in [4.78, 5) is 5.24. The average Bonchev–Trinajstić information content (AvgIpc) is 3.55. The lowest BCUT2D eigenvalue weighted by atomic mass is 9.96. The van der Waals surface area contributed by atoms with Gasteiger partial charge in [0.25, 0.3) is 0 Å². The number of hydrogen-bond acceptors (Lipinski definition) is 1. The number of pyridine rings is 1. The van der Waals surface area contributed by atoms with E-state index >= 15 is 0 Å². The molecule has 0 aliphatic heterocycles. The van der Waals surface area contributed by atoms with E-state index in [1.165, 1.54) is 66.1 Å².